The van der Waals surface area contributed by atoms with E-state index in [0.29, 0.717) is 154 Å². The van der Waals surface area contributed by atoms with Crippen LogP contribution in [-0.2, 0) is 97.1 Å². The van der Waals surface area contributed by atoms with Gasteiger partial charge in [-0.3, -0.25) is 43.7 Å². The highest BCUT2D eigenvalue weighted by Crippen LogP contribution is 2.41. The second kappa shape index (κ2) is 44.6. The standard InChI is InChI=1S/C84H102FN21O20/c1-52-39-55(85)40-53(2)72(52)126-67-16-11-54(84(3,4)116)41-61(67)63-49-105(10)82(114)71-62(63)44-64(93-71)76(108)90-56-12-14-60(15-13-56)125-38-37-124-36-35-123-34-33-122-32-31-121-30-29-120-28-27-119-26-25-118-24-23-117-22-20-88-79(111)74-96-69(51-103(74)8)97-83(115)106-48-59(98-99-106)45-89-78(110)66-43-58(47-102(66)7)92-81(113)75-95-68(50-104(75)9)94-70(107)17-18-87-77(109)65-42-57(46-101(65)6)91-80(112)73-86-19-21-100(73)5/h11-16,19,21,39-44,46-51,93,116H,17-18,20,22-38,45H2,1-10H3,(H,87,109)(H,88,111)(H,89,110)(H,90,108)(H,91,112)(H,92,113)(H,94,107)(H,97,115). The number of halogens is 1. The summed E-state index contributed by atoms with van der Waals surface area (Å²) in [4.78, 5) is 134. The number of ether oxygens (including phenoxy) is 10. The molecule has 8 amide bonds. The molecule has 10 N–H and O–H groups in total. The number of aromatic nitrogens is 13. The molecule has 0 saturated heterocycles. The van der Waals surface area contributed by atoms with E-state index in [-0.39, 0.29) is 120 Å². The highest BCUT2D eigenvalue weighted by atomic mass is 19.1. The van der Waals surface area contributed by atoms with Crippen molar-refractivity contribution in [3.63, 3.8) is 0 Å². The molecule has 0 fully saturated rings. The Morgan fingerprint density at radius 3 is 1.56 bits per heavy atom. The number of nitrogens with one attached hydrogen (secondary N) is 9. The van der Waals surface area contributed by atoms with Gasteiger partial charge in [-0.15, -0.1) is 5.10 Å². The Kier molecular flexibility index (Phi) is 33.0. The van der Waals surface area contributed by atoms with Gasteiger partial charge in [0.25, 0.3) is 41.0 Å². The Bertz CT molecular complexity index is 5670. The zero-order valence-electron chi connectivity index (χ0n) is 71.3. The number of benzene rings is 3. The first-order chi connectivity index (χ1) is 60.5. The van der Waals surface area contributed by atoms with Gasteiger partial charge in [0.2, 0.25) is 17.6 Å². The third-order valence-electron chi connectivity index (χ3n) is 19.1. The van der Waals surface area contributed by atoms with Crippen molar-refractivity contribution in [2.24, 2.45) is 42.3 Å². The van der Waals surface area contributed by atoms with Crippen LogP contribution in [0.1, 0.15) is 106 Å². The number of hydrogen-bond donors (Lipinski definition) is 10. The van der Waals surface area contributed by atoms with Crippen molar-refractivity contribution < 1.29 is 95.2 Å². The zero-order chi connectivity index (χ0) is 90.0. The molecule has 3 aromatic carbocycles. The minimum atomic E-state index is -1.23. The van der Waals surface area contributed by atoms with Crippen LogP contribution in [0.2, 0.25) is 0 Å². The molecule has 0 bridgehead atoms. The van der Waals surface area contributed by atoms with Crippen molar-refractivity contribution in [1.29, 1.82) is 0 Å². The van der Waals surface area contributed by atoms with Crippen molar-refractivity contribution in [2.75, 3.05) is 152 Å². The van der Waals surface area contributed by atoms with Crippen molar-refractivity contribution in [1.82, 2.24) is 78.3 Å². The Morgan fingerprint density at radius 1 is 0.492 bits per heavy atom. The zero-order valence-corrected chi connectivity index (χ0v) is 71.3. The minimum absolute atomic E-state index is 0.0161. The molecule has 8 aromatic heterocycles. The molecule has 126 heavy (non-hydrogen) atoms. The average molecular weight is 1740 g/mol. The van der Waals surface area contributed by atoms with Crippen LogP contribution in [0.15, 0.2) is 127 Å². The number of imidazole rings is 3. The third-order valence-corrected chi connectivity index (χ3v) is 19.1. The van der Waals surface area contributed by atoms with Crippen molar-refractivity contribution in [3.05, 3.63) is 195 Å². The normalized spacial score (nSPS) is 11.4. The number of H-pyrrole nitrogens is 1. The van der Waals surface area contributed by atoms with E-state index in [2.05, 4.69) is 72.8 Å². The van der Waals surface area contributed by atoms with Crippen molar-refractivity contribution in [3.8, 4) is 28.4 Å². The van der Waals surface area contributed by atoms with Gasteiger partial charge in [0.05, 0.1) is 135 Å². The van der Waals surface area contributed by atoms with Crippen molar-refractivity contribution in [2.45, 2.75) is 46.3 Å². The lowest BCUT2D eigenvalue weighted by Crippen LogP contribution is -2.29. The van der Waals surface area contributed by atoms with E-state index in [1.807, 2.05) is 0 Å². The lowest BCUT2D eigenvalue weighted by Gasteiger charge is -2.22. The number of anilines is 5. The first kappa shape index (κ1) is 93.1. The first-order valence-electron chi connectivity index (χ1n) is 40.1. The van der Waals surface area contributed by atoms with E-state index in [9.17, 15) is 52.6 Å². The Balaban J connectivity index is 0.459. The minimum Gasteiger partial charge on any atom is -0.491 e. The fourth-order valence-corrected chi connectivity index (χ4v) is 12.7. The predicted molar refractivity (Wildman–Crippen MR) is 456 cm³/mol. The summed E-state index contributed by atoms with van der Waals surface area (Å²) in [6.07, 6.45) is 11.9. The number of hydrogen-bond acceptors (Lipinski definition) is 25. The molecule has 670 valence electrons. The lowest BCUT2D eigenvalue weighted by atomic mass is 9.93. The van der Waals surface area contributed by atoms with E-state index in [1.54, 1.807) is 142 Å². The second-order valence-electron chi connectivity index (χ2n) is 29.3. The van der Waals surface area contributed by atoms with Crippen LogP contribution >= 0.6 is 0 Å². The number of fused-ring (bicyclic) bond motifs is 1. The average Bonchev–Trinajstić information content (AvgIpc) is 1.58. The molecule has 0 atom stereocenters. The van der Waals surface area contributed by atoms with E-state index in [4.69, 9.17) is 47.4 Å². The number of aromatic amines is 1. The molecule has 0 saturated carbocycles. The SMILES string of the molecule is Cc1cc(F)cc(C)c1Oc1ccc(C(C)(C)O)cc1-c1cn(C)c(=O)c2[nH]c(C(=O)Nc3ccc(OCCOCCOCCOCCOCCOCCOCCOCCOCCNC(=O)c4nc(NC(=O)n5cc(CNC(=O)c6cc(NC(=O)c7nc(NC(=O)CCNC(=O)c8cc(NC(=O)c9nccn9C)cn8C)cn7C)cn6C)nn5)cn4C)cc3)cc12. The fraction of sp³-hybridized carbons (Fsp3) is 0.381. The largest absolute Gasteiger partial charge is 0.491 e. The number of pyridine rings is 1. The number of rotatable bonds is 48. The van der Waals surface area contributed by atoms with Gasteiger partial charge in [-0.1, -0.05) is 11.3 Å². The summed E-state index contributed by atoms with van der Waals surface area (Å²) in [5.41, 5.74) is 3.37. The highest BCUT2D eigenvalue weighted by molar-refractivity contribution is 6.09. The number of aliphatic hydroxyl groups is 1. The van der Waals surface area contributed by atoms with Crippen LogP contribution < -0.4 is 57.6 Å². The second-order valence-corrected chi connectivity index (χ2v) is 29.3. The topological polar surface area (TPSA) is 477 Å². The summed E-state index contributed by atoms with van der Waals surface area (Å²) in [6, 6.07) is 18.7. The number of nitrogens with zero attached hydrogens (tertiary/aromatic N) is 12. The van der Waals surface area contributed by atoms with Gasteiger partial charge in [-0.2, -0.15) is 4.68 Å². The monoisotopic (exact) mass is 1740 g/mol. The molecule has 0 aliphatic rings. The summed E-state index contributed by atoms with van der Waals surface area (Å²) in [7, 11) is 9.67. The lowest BCUT2D eigenvalue weighted by molar-refractivity contribution is -0.116. The number of amides is 8. The maximum atomic E-state index is 14.3. The molecule has 0 radical (unpaired) electrons. The molecule has 0 unspecified atom stereocenters. The Hall–Kier alpha value is -13.6. The molecule has 42 heteroatoms. The molecular formula is C84H102FN21O20. The van der Waals surface area contributed by atoms with E-state index < -0.39 is 53.0 Å². The molecule has 11 aromatic rings. The van der Waals surface area contributed by atoms with Gasteiger partial charge >= 0.3 is 6.03 Å². The van der Waals surface area contributed by atoms with Crippen LogP contribution in [0.3, 0.4) is 0 Å². The number of aryl methyl sites for hydroxylation is 8. The predicted octanol–water partition coefficient (Wildman–Crippen LogP) is 6.25. The van der Waals surface area contributed by atoms with Gasteiger partial charge in [0.15, 0.2) is 17.5 Å². The maximum Gasteiger partial charge on any atom is 0.349 e. The number of carbonyl (C=O) groups is 8. The number of carbonyl (C=O) groups excluding carboxylic acids is 8. The van der Waals surface area contributed by atoms with Gasteiger partial charge in [0.1, 0.15) is 58.0 Å². The summed E-state index contributed by atoms with van der Waals surface area (Å²) >= 11 is 0. The third kappa shape index (κ3) is 26.2. The molecule has 0 aliphatic heterocycles. The molecular weight excluding hydrogens is 1640 g/mol. The summed E-state index contributed by atoms with van der Waals surface area (Å²) in [6.45, 7) is 12.8. The van der Waals surface area contributed by atoms with Crippen LogP contribution in [0.5, 0.6) is 17.2 Å². The highest BCUT2D eigenvalue weighted by Gasteiger charge is 2.27. The van der Waals surface area contributed by atoms with Crippen LogP contribution in [0.4, 0.5) is 37.9 Å². The van der Waals surface area contributed by atoms with Gasteiger partial charge < -0.3 is 122 Å². The maximum absolute atomic E-state index is 14.3. The van der Waals surface area contributed by atoms with Crippen molar-refractivity contribution >= 4 is 87.0 Å². The fourth-order valence-electron chi connectivity index (χ4n) is 12.7. The van der Waals surface area contributed by atoms with E-state index in [0.717, 1.165) is 4.68 Å². The summed E-state index contributed by atoms with van der Waals surface area (Å²) in [5.74, 6) is -2.26. The first-order valence-corrected chi connectivity index (χ1v) is 40.1. The summed E-state index contributed by atoms with van der Waals surface area (Å²) < 4.78 is 80.9. The van der Waals surface area contributed by atoms with Crippen LogP contribution in [0, 0.1) is 19.7 Å². The molecule has 11 rings (SSSR count). The van der Waals surface area contributed by atoms with Crippen LogP contribution in [-0.4, -0.2) is 240 Å². The van der Waals surface area contributed by atoms with Gasteiger partial charge in [-0.25, -0.2) is 24.1 Å². The molecule has 8 heterocycles. The smallest absolute Gasteiger partial charge is 0.349 e. The Morgan fingerprint density at radius 2 is 1.01 bits per heavy atom. The Labute approximate surface area is 721 Å². The van der Waals surface area contributed by atoms with Crippen LogP contribution in [0.25, 0.3) is 22.0 Å². The molecule has 0 aliphatic carbocycles. The molecule has 41 nitrogen and oxygen atoms in total. The van der Waals surface area contributed by atoms with Gasteiger partial charge in [0, 0.05) is 127 Å². The van der Waals surface area contributed by atoms with Gasteiger partial charge in [-0.05, 0) is 111 Å². The molecule has 0 spiro atoms. The summed E-state index contributed by atoms with van der Waals surface area (Å²) in [5, 5.41) is 40.8. The van der Waals surface area contributed by atoms with E-state index >= 15 is 0 Å². The quantitative estimate of drug-likeness (QED) is 0.0188. The van der Waals surface area contributed by atoms with E-state index in [1.165, 1.54) is 78.1 Å².